The number of ether oxygens (including phenoxy) is 2. The lowest BCUT2D eigenvalue weighted by atomic mass is 10.0. The molecule has 0 radical (unpaired) electrons. The minimum atomic E-state index is -4.78. The van der Waals surface area contributed by atoms with Gasteiger partial charge in [0.25, 0.3) is 0 Å². The van der Waals surface area contributed by atoms with E-state index in [1.54, 1.807) is 0 Å². The van der Waals surface area contributed by atoms with Gasteiger partial charge in [-0.25, -0.2) is 4.57 Å². The maximum atomic E-state index is 12.4. The molecule has 0 bridgehead atoms. The van der Waals surface area contributed by atoms with Crippen molar-refractivity contribution in [2.24, 2.45) is 0 Å². The highest BCUT2D eigenvalue weighted by atomic mass is 31.2. The average Bonchev–Trinajstić information content (AvgIpc) is 3.15. The molecule has 0 aromatic rings. The summed E-state index contributed by atoms with van der Waals surface area (Å²) in [5, 5.41) is 9.79. The first kappa shape index (κ1) is 53.0. The van der Waals surface area contributed by atoms with Crippen molar-refractivity contribution in [2.45, 2.75) is 212 Å². The van der Waals surface area contributed by atoms with E-state index < -0.39 is 32.5 Å². The third-order valence-electron chi connectivity index (χ3n) is 9.42. The smallest absolute Gasteiger partial charge is 0.462 e. The van der Waals surface area contributed by atoms with E-state index >= 15 is 0 Å². The third kappa shape index (κ3) is 42.9. The molecule has 0 saturated heterocycles. The van der Waals surface area contributed by atoms with E-state index in [0.717, 1.165) is 57.8 Å². The largest absolute Gasteiger partial charge is 0.469 e. The molecular weight excluding hydrogens is 715 g/mol. The van der Waals surface area contributed by atoms with Crippen molar-refractivity contribution < 1.29 is 43.0 Å². The van der Waals surface area contributed by atoms with E-state index in [1.165, 1.54) is 96.3 Å². The van der Waals surface area contributed by atoms with Crippen LogP contribution < -0.4 is 0 Å². The standard InChI is InChI=1S/C45H81O9P/c1-3-5-7-8-9-10-11-12-13-14-15-16-17-18-23-26-29-32-35-39-45(48)54-43(41-53-55(49,50)51)40-52-44(47)38-34-31-28-25-22-20-19-21-24-27-30-33-37-42(46)36-6-4-2/h19-20,24-25,27-28,33,37,42-43,46H,3-18,21-23,26,29-32,34-36,38-41H2,1-2H3,(H2,49,50,51)/b20-19-,27-24-,28-25-,37-33-/t42-,43+/m0/s1. The van der Waals surface area contributed by atoms with Crippen molar-refractivity contribution >= 4 is 19.8 Å². The molecule has 55 heavy (non-hydrogen) atoms. The molecule has 0 saturated carbocycles. The minimum Gasteiger partial charge on any atom is -0.462 e. The molecular formula is C45H81O9P. The Labute approximate surface area is 336 Å². The fourth-order valence-electron chi connectivity index (χ4n) is 6.09. The second kappa shape index (κ2) is 40.2. The minimum absolute atomic E-state index is 0.175. The van der Waals surface area contributed by atoms with Crippen LogP contribution in [0.25, 0.3) is 0 Å². The molecule has 0 aromatic carbocycles. The molecule has 10 heteroatoms. The number of hydrogen-bond acceptors (Lipinski definition) is 7. The summed E-state index contributed by atoms with van der Waals surface area (Å²) in [6.45, 7) is 3.50. The summed E-state index contributed by atoms with van der Waals surface area (Å²) in [6, 6.07) is 0. The van der Waals surface area contributed by atoms with Gasteiger partial charge in [0.2, 0.25) is 0 Å². The Morgan fingerprint density at radius 1 is 0.545 bits per heavy atom. The Hall–Kier alpha value is -2.03. The number of allylic oxidation sites excluding steroid dienone is 7. The first-order valence-electron chi connectivity index (χ1n) is 22.0. The number of phosphoric acid groups is 1. The van der Waals surface area contributed by atoms with E-state index in [-0.39, 0.29) is 25.6 Å². The van der Waals surface area contributed by atoms with Gasteiger partial charge in [-0.3, -0.25) is 14.1 Å². The van der Waals surface area contributed by atoms with Crippen molar-refractivity contribution in [3.63, 3.8) is 0 Å². The van der Waals surface area contributed by atoms with Gasteiger partial charge >= 0.3 is 19.8 Å². The van der Waals surface area contributed by atoms with Crippen LogP contribution in [0.15, 0.2) is 48.6 Å². The van der Waals surface area contributed by atoms with Crippen LogP contribution in [0.3, 0.4) is 0 Å². The van der Waals surface area contributed by atoms with E-state index in [9.17, 15) is 19.3 Å². The number of unbranched alkanes of at least 4 members (excludes halogenated alkanes) is 20. The highest BCUT2D eigenvalue weighted by Gasteiger charge is 2.22. The summed E-state index contributed by atoms with van der Waals surface area (Å²) in [6.07, 6.45) is 46.0. The zero-order valence-corrected chi connectivity index (χ0v) is 35.8. The molecule has 320 valence electrons. The van der Waals surface area contributed by atoms with Crippen LogP contribution in [0.2, 0.25) is 0 Å². The highest BCUT2D eigenvalue weighted by molar-refractivity contribution is 7.46. The van der Waals surface area contributed by atoms with E-state index in [0.29, 0.717) is 19.3 Å². The topological polar surface area (TPSA) is 140 Å². The number of carbonyl (C=O) groups excluding carboxylic acids is 2. The summed E-state index contributed by atoms with van der Waals surface area (Å²) < 4.78 is 26.4. The van der Waals surface area contributed by atoms with Crippen LogP contribution in [0.1, 0.15) is 200 Å². The second-order valence-corrected chi connectivity index (χ2v) is 16.1. The molecule has 0 aliphatic rings. The van der Waals surface area contributed by atoms with Gasteiger partial charge in [-0.1, -0.05) is 191 Å². The highest BCUT2D eigenvalue weighted by Crippen LogP contribution is 2.36. The van der Waals surface area contributed by atoms with Crippen LogP contribution in [0.4, 0.5) is 0 Å². The summed E-state index contributed by atoms with van der Waals surface area (Å²) in [5.41, 5.74) is 0. The van der Waals surface area contributed by atoms with Crippen LogP contribution >= 0.6 is 7.82 Å². The SMILES string of the molecule is CCCCCCCCCCCCCCCCCCCCCC(=O)O[C@H](COC(=O)CCC/C=C\C/C=C\C/C=C\C/C=C\[C@@H](O)CCCC)COP(=O)(O)O. The zero-order valence-electron chi connectivity index (χ0n) is 34.9. The zero-order chi connectivity index (χ0) is 40.5. The Morgan fingerprint density at radius 3 is 1.47 bits per heavy atom. The lowest BCUT2D eigenvalue weighted by Crippen LogP contribution is -2.29. The number of esters is 2. The van der Waals surface area contributed by atoms with E-state index in [2.05, 4.69) is 42.7 Å². The van der Waals surface area contributed by atoms with Crippen LogP contribution in [0.5, 0.6) is 0 Å². The molecule has 0 heterocycles. The summed E-state index contributed by atoms with van der Waals surface area (Å²) in [4.78, 5) is 42.9. The molecule has 0 aliphatic heterocycles. The number of carbonyl (C=O) groups is 2. The summed E-state index contributed by atoms with van der Waals surface area (Å²) >= 11 is 0. The Kier molecular flexibility index (Phi) is 38.7. The number of rotatable bonds is 40. The van der Waals surface area contributed by atoms with Gasteiger partial charge in [0.05, 0.1) is 12.7 Å². The van der Waals surface area contributed by atoms with Crippen molar-refractivity contribution in [1.82, 2.24) is 0 Å². The van der Waals surface area contributed by atoms with E-state index in [1.807, 2.05) is 24.3 Å². The van der Waals surface area contributed by atoms with Gasteiger partial charge in [0.1, 0.15) is 6.61 Å². The number of hydrogen-bond donors (Lipinski definition) is 3. The molecule has 0 unspecified atom stereocenters. The average molecular weight is 797 g/mol. The van der Waals surface area contributed by atoms with Crippen molar-refractivity contribution in [3.05, 3.63) is 48.6 Å². The molecule has 0 aliphatic carbocycles. The fourth-order valence-corrected chi connectivity index (χ4v) is 6.45. The quantitative estimate of drug-likeness (QED) is 0.0239. The lowest BCUT2D eigenvalue weighted by Gasteiger charge is -2.18. The van der Waals surface area contributed by atoms with Crippen LogP contribution in [0, 0.1) is 0 Å². The van der Waals surface area contributed by atoms with Crippen molar-refractivity contribution in [1.29, 1.82) is 0 Å². The van der Waals surface area contributed by atoms with Crippen molar-refractivity contribution in [2.75, 3.05) is 13.2 Å². The predicted molar refractivity (Wildman–Crippen MR) is 227 cm³/mol. The first-order valence-corrected chi connectivity index (χ1v) is 23.6. The van der Waals surface area contributed by atoms with E-state index in [4.69, 9.17) is 19.3 Å². The predicted octanol–water partition coefficient (Wildman–Crippen LogP) is 12.5. The molecule has 0 spiro atoms. The Bertz CT molecular complexity index is 1050. The lowest BCUT2D eigenvalue weighted by molar-refractivity contribution is -0.161. The molecule has 9 nitrogen and oxygen atoms in total. The normalized spacial score (nSPS) is 13.5. The number of phosphoric ester groups is 1. The van der Waals surface area contributed by atoms with Gasteiger partial charge in [-0.2, -0.15) is 0 Å². The van der Waals surface area contributed by atoms with Gasteiger partial charge in [0.15, 0.2) is 6.10 Å². The first-order chi connectivity index (χ1) is 26.7. The van der Waals surface area contributed by atoms with Gasteiger partial charge in [0, 0.05) is 12.8 Å². The van der Waals surface area contributed by atoms with Gasteiger partial charge in [-0.05, 0) is 44.9 Å². The Morgan fingerprint density at radius 2 is 0.982 bits per heavy atom. The van der Waals surface area contributed by atoms with Crippen LogP contribution in [-0.4, -0.2) is 52.3 Å². The van der Waals surface area contributed by atoms with Gasteiger partial charge < -0.3 is 24.4 Å². The summed E-state index contributed by atoms with van der Waals surface area (Å²) in [7, 11) is -4.78. The molecule has 0 fully saturated rings. The Balaban J connectivity index is 3.99. The molecule has 0 aromatic heterocycles. The molecule has 0 rings (SSSR count). The van der Waals surface area contributed by atoms with Crippen LogP contribution in [-0.2, 0) is 28.2 Å². The van der Waals surface area contributed by atoms with Crippen molar-refractivity contribution in [3.8, 4) is 0 Å². The number of aliphatic hydroxyl groups excluding tert-OH is 1. The van der Waals surface area contributed by atoms with Gasteiger partial charge in [-0.15, -0.1) is 0 Å². The summed E-state index contributed by atoms with van der Waals surface area (Å²) in [5.74, 6) is -0.968. The molecule has 3 N–H and O–H groups in total. The maximum Gasteiger partial charge on any atom is 0.469 e. The fraction of sp³-hybridized carbons (Fsp3) is 0.778. The number of aliphatic hydroxyl groups is 1. The molecule has 0 amide bonds. The second-order valence-electron chi connectivity index (χ2n) is 14.8. The third-order valence-corrected chi connectivity index (χ3v) is 9.91. The monoisotopic (exact) mass is 797 g/mol. The molecule has 2 atom stereocenters. The maximum absolute atomic E-state index is 12.4.